The van der Waals surface area contributed by atoms with Crippen molar-refractivity contribution in [2.75, 3.05) is 7.11 Å². The van der Waals surface area contributed by atoms with Crippen molar-refractivity contribution in [1.82, 2.24) is 9.55 Å². The second kappa shape index (κ2) is 7.87. The number of hydrogen-bond acceptors (Lipinski definition) is 6. The Morgan fingerprint density at radius 1 is 1.20 bits per heavy atom. The van der Waals surface area contributed by atoms with Crippen LogP contribution in [-0.4, -0.2) is 22.6 Å². The van der Waals surface area contributed by atoms with Crippen LogP contribution in [0.5, 0.6) is 5.75 Å². The molecule has 7 nitrogen and oxygen atoms in total. The minimum Gasteiger partial charge on any atom is -0.465 e. The van der Waals surface area contributed by atoms with Crippen LogP contribution in [0.3, 0.4) is 0 Å². The number of aromatic nitrogens is 2. The van der Waals surface area contributed by atoms with Gasteiger partial charge >= 0.3 is 5.97 Å². The van der Waals surface area contributed by atoms with Gasteiger partial charge in [0.2, 0.25) is 5.88 Å². The zero-order valence-electron chi connectivity index (χ0n) is 16.7. The van der Waals surface area contributed by atoms with E-state index in [0.717, 1.165) is 11.3 Å². The molecule has 3 heterocycles. The lowest BCUT2D eigenvalue weighted by Crippen LogP contribution is -2.35. The number of carbonyl (C=O) groups is 1. The van der Waals surface area contributed by atoms with Gasteiger partial charge in [-0.3, -0.25) is 9.78 Å². The van der Waals surface area contributed by atoms with E-state index in [2.05, 4.69) is 4.98 Å². The lowest BCUT2D eigenvalue weighted by atomic mass is 9.84. The molecular weight excluding hydrogens is 382 g/mol. The van der Waals surface area contributed by atoms with Crippen LogP contribution in [0.1, 0.15) is 28.3 Å². The van der Waals surface area contributed by atoms with Crippen LogP contribution in [0, 0.1) is 6.92 Å². The summed E-state index contributed by atoms with van der Waals surface area (Å²) in [7, 11) is 1.27. The summed E-state index contributed by atoms with van der Waals surface area (Å²) < 4.78 is 12.3. The summed E-state index contributed by atoms with van der Waals surface area (Å²) in [6, 6.07) is 15.0. The lowest BCUT2D eigenvalue weighted by Gasteiger charge is -2.28. The van der Waals surface area contributed by atoms with Crippen molar-refractivity contribution < 1.29 is 14.3 Å². The minimum atomic E-state index is -0.723. The molecule has 30 heavy (non-hydrogen) atoms. The van der Waals surface area contributed by atoms with Gasteiger partial charge in [0.25, 0.3) is 5.56 Å². The second-order valence-electron chi connectivity index (χ2n) is 7.03. The van der Waals surface area contributed by atoms with Gasteiger partial charge in [-0.1, -0.05) is 30.3 Å². The Kier molecular flexibility index (Phi) is 5.10. The van der Waals surface area contributed by atoms with Crippen LogP contribution < -0.4 is 16.0 Å². The van der Waals surface area contributed by atoms with Crippen LogP contribution in [-0.2, 0) is 16.1 Å². The number of ether oxygens (including phenoxy) is 2. The third kappa shape index (κ3) is 3.34. The van der Waals surface area contributed by atoms with Crippen molar-refractivity contribution in [2.45, 2.75) is 19.4 Å². The maximum atomic E-state index is 13.6. The van der Waals surface area contributed by atoms with Crippen LogP contribution in [0.4, 0.5) is 0 Å². The van der Waals surface area contributed by atoms with Gasteiger partial charge in [0.05, 0.1) is 25.1 Å². The van der Waals surface area contributed by atoms with Crippen molar-refractivity contribution in [3.05, 3.63) is 105 Å². The number of methoxy groups -OCH3 is 1. The minimum absolute atomic E-state index is 0.0734. The first-order valence-electron chi connectivity index (χ1n) is 9.45. The van der Waals surface area contributed by atoms with E-state index >= 15 is 0 Å². The molecule has 152 valence electrons. The number of esters is 1. The van der Waals surface area contributed by atoms with E-state index in [1.165, 1.54) is 7.11 Å². The third-order valence-corrected chi connectivity index (χ3v) is 5.20. The van der Waals surface area contributed by atoms with Crippen LogP contribution >= 0.6 is 0 Å². The van der Waals surface area contributed by atoms with Crippen molar-refractivity contribution in [3.8, 4) is 5.75 Å². The Balaban J connectivity index is 1.94. The molecule has 0 unspecified atom stereocenters. The van der Waals surface area contributed by atoms with E-state index in [1.54, 1.807) is 35.2 Å². The fourth-order valence-corrected chi connectivity index (χ4v) is 3.75. The number of aryl methyl sites for hydroxylation is 1. The Labute approximate surface area is 173 Å². The van der Waals surface area contributed by atoms with Gasteiger partial charge < -0.3 is 19.8 Å². The number of benzene rings is 1. The molecule has 1 aromatic carbocycles. The summed E-state index contributed by atoms with van der Waals surface area (Å²) >= 11 is 0. The molecule has 1 atom stereocenters. The average molecular weight is 403 g/mol. The van der Waals surface area contributed by atoms with E-state index in [0.29, 0.717) is 23.4 Å². The zero-order valence-corrected chi connectivity index (χ0v) is 16.7. The molecule has 0 fully saturated rings. The molecule has 3 aromatic rings. The first-order valence-corrected chi connectivity index (χ1v) is 9.45. The van der Waals surface area contributed by atoms with Gasteiger partial charge in [-0.05, 0) is 30.2 Å². The number of pyridine rings is 2. The van der Waals surface area contributed by atoms with E-state index in [1.807, 2.05) is 37.3 Å². The highest BCUT2D eigenvalue weighted by molar-refractivity contribution is 5.92. The number of rotatable bonds is 4. The van der Waals surface area contributed by atoms with E-state index in [4.69, 9.17) is 15.2 Å². The molecule has 2 N–H and O–H groups in total. The van der Waals surface area contributed by atoms with Crippen LogP contribution in [0.2, 0.25) is 0 Å². The van der Waals surface area contributed by atoms with Gasteiger partial charge in [0, 0.05) is 24.2 Å². The second-order valence-corrected chi connectivity index (χ2v) is 7.03. The topological polar surface area (TPSA) is 96.4 Å². The number of nitrogens with two attached hydrogens (primary N) is 1. The molecule has 0 radical (unpaired) electrons. The molecule has 0 spiro atoms. The highest BCUT2D eigenvalue weighted by Crippen LogP contribution is 2.41. The predicted molar refractivity (Wildman–Crippen MR) is 111 cm³/mol. The van der Waals surface area contributed by atoms with Crippen molar-refractivity contribution in [2.24, 2.45) is 5.73 Å². The van der Waals surface area contributed by atoms with Gasteiger partial charge in [-0.25, -0.2) is 4.79 Å². The molecule has 0 amide bonds. The Morgan fingerprint density at radius 2 is 1.90 bits per heavy atom. The molecular formula is C23H21N3O4. The Morgan fingerprint density at radius 3 is 2.57 bits per heavy atom. The van der Waals surface area contributed by atoms with Crippen molar-refractivity contribution in [1.29, 1.82) is 0 Å². The smallest absolute Gasteiger partial charge is 0.340 e. The largest absolute Gasteiger partial charge is 0.465 e. The quantitative estimate of drug-likeness (QED) is 0.673. The van der Waals surface area contributed by atoms with Crippen molar-refractivity contribution in [3.63, 3.8) is 0 Å². The SMILES string of the molecule is COC(=O)C1=C(N)Oc2cc(C)n(Cc3ccccc3)c(=O)c2[C@H]1c1ccncc1. The molecule has 2 aromatic heterocycles. The van der Waals surface area contributed by atoms with Gasteiger partial charge in [0.1, 0.15) is 11.3 Å². The summed E-state index contributed by atoms with van der Waals surface area (Å²) in [6.45, 7) is 2.24. The van der Waals surface area contributed by atoms with Gasteiger partial charge in [0.15, 0.2) is 0 Å². The molecule has 0 bridgehead atoms. The highest BCUT2D eigenvalue weighted by Gasteiger charge is 2.38. The van der Waals surface area contributed by atoms with Crippen LogP contribution in [0.15, 0.2) is 77.2 Å². The maximum absolute atomic E-state index is 13.6. The highest BCUT2D eigenvalue weighted by atomic mass is 16.5. The molecule has 7 heteroatoms. The zero-order chi connectivity index (χ0) is 21.3. The molecule has 1 aliphatic rings. The van der Waals surface area contributed by atoms with Gasteiger partial charge in [-0.15, -0.1) is 0 Å². The van der Waals surface area contributed by atoms with Crippen molar-refractivity contribution >= 4 is 5.97 Å². The fraction of sp³-hybridized carbons (Fsp3) is 0.174. The molecule has 0 saturated carbocycles. The fourth-order valence-electron chi connectivity index (χ4n) is 3.75. The summed E-state index contributed by atoms with van der Waals surface area (Å²) in [5.41, 5.74) is 8.71. The van der Waals surface area contributed by atoms with Gasteiger partial charge in [-0.2, -0.15) is 0 Å². The molecule has 4 rings (SSSR count). The predicted octanol–water partition coefficient (Wildman–Crippen LogP) is 2.47. The lowest BCUT2D eigenvalue weighted by molar-refractivity contribution is -0.136. The summed E-state index contributed by atoms with van der Waals surface area (Å²) in [5, 5.41) is 0. The normalized spacial score (nSPS) is 15.3. The Hall–Kier alpha value is -3.87. The summed E-state index contributed by atoms with van der Waals surface area (Å²) in [5.74, 6) is -1.10. The summed E-state index contributed by atoms with van der Waals surface area (Å²) in [6.07, 6.45) is 3.21. The van der Waals surface area contributed by atoms with E-state index < -0.39 is 11.9 Å². The van der Waals surface area contributed by atoms with E-state index in [-0.39, 0.29) is 17.0 Å². The first-order chi connectivity index (χ1) is 14.5. The number of hydrogen-bond donors (Lipinski definition) is 1. The first kappa shape index (κ1) is 19.4. The van der Waals surface area contributed by atoms with E-state index in [9.17, 15) is 9.59 Å². The standard InChI is InChI=1S/C23H21N3O4/c1-14-12-17-19(22(27)26(14)13-15-6-4-3-5-7-15)18(16-8-10-25-11-9-16)20(21(24)30-17)23(28)29-2/h3-12,18H,13,24H2,1-2H3/t18-/m1/s1. The number of fused-ring (bicyclic) bond motifs is 1. The molecule has 0 saturated heterocycles. The maximum Gasteiger partial charge on any atom is 0.340 e. The number of carbonyl (C=O) groups excluding carboxylic acids is 1. The number of nitrogens with zero attached hydrogens (tertiary/aromatic N) is 2. The monoisotopic (exact) mass is 403 g/mol. The summed E-state index contributed by atoms with van der Waals surface area (Å²) in [4.78, 5) is 30.2. The third-order valence-electron chi connectivity index (χ3n) is 5.20. The molecule has 1 aliphatic heterocycles. The average Bonchev–Trinajstić information content (AvgIpc) is 2.76. The van der Waals surface area contributed by atoms with Crippen LogP contribution in [0.25, 0.3) is 0 Å². The Bertz CT molecular complexity index is 1180. The molecule has 0 aliphatic carbocycles.